The molecule has 0 aliphatic carbocycles. The van der Waals surface area contributed by atoms with Gasteiger partial charge in [-0.25, -0.2) is 0 Å². The first kappa shape index (κ1) is 14.5. The molecule has 1 saturated heterocycles. The van der Waals surface area contributed by atoms with Crippen molar-refractivity contribution in [1.82, 2.24) is 14.7 Å². The standard InChI is InChI=1S/C11H17F3N4S/c1-2-15-7-8-3-5-18(6-4-8)10-16-9(17-19-10)11(12,13)14/h8,15H,2-7H2,1H3. The van der Waals surface area contributed by atoms with Gasteiger partial charge in [-0.15, -0.1) is 0 Å². The van der Waals surface area contributed by atoms with Crippen LogP contribution in [0.25, 0.3) is 0 Å². The summed E-state index contributed by atoms with van der Waals surface area (Å²) in [5.41, 5.74) is 0. The third-order valence-corrected chi connectivity index (χ3v) is 4.01. The maximum atomic E-state index is 12.4. The lowest BCUT2D eigenvalue weighted by Crippen LogP contribution is -2.37. The van der Waals surface area contributed by atoms with Crippen LogP contribution < -0.4 is 10.2 Å². The Bertz CT molecular complexity index is 399. The molecule has 1 fully saturated rings. The zero-order valence-electron chi connectivity index (χ0n) is 10.7. The topological polar surface area (TPSA) is 41.0 Å². The monoisotopic (exact) mass is 294 g/mol. The van der Waals surface area contributed by atoms with E-state index >= 15 is 0 Å². The summed E-state index contributed by atoms with van der Waals surface area (Å²) in [7, 11) is 0. The van der Waals surface area contributed by atoms with Crippen molar-refractivity contribution in [2.24, 2.45) is 5.92 Å². The predicted octanol–water partition coefficient (Wildman–Crippen LogP) is 2.38. The Labute approximate surface area is 114 Å². The zero-order chi connectivity index (χ0) is 13.9. The Hall–Kier alpha value is -0.890. The van der Waals surface area contributed by atoms with Crippen molar-refractivity contribution in [1.29, 1.82) is 0 Å². The Kier molecular flexibility index (Phi) is 4.62. The van der Waals surface area contributed by atoms with Crippen LogP contribution in [0.15, 0.2) is 0 Å². The summed E-state index contributed by atoms with van der Waals surface area (Å²) < 4.78 is 40.7. The molecule has 1 aromatic heterocycles. The van der Waals surface area contributed by atoms with E-state index in [0.29, 0.717) is 11.0 Å². The van der Waals surface area contributed by atoms with E-state index in [1.165, 1.54) is 0 Å². The molecule has 0 unspecified atom stereocenters. The molecule has 0 atom stereocenters. The van der Waals surface area contributed by atoms with Crippen molar-refractivity contribution in [2.75, 3.05) is 31.1 Å². The summed E-state index contributed by atoms with van der Waals surface area (Å²) in [6, 6.07) is 0. The molecule has 19 heavy (non-hydrogen) atoms. The Morgan fingerprint density at radius 1 is 1.37 bits per heavy atom. The third kappa shape index (κ3) is 3.79. The molecule has 0 bridgehead atoms. The van der Waals surface area contributed by atoms with Gasteiger partial charge in [-0.3, -0.25) is 0 Å². The molecule has 4 nitrogen and oxygen atoms in total. The molecular formula is C11H17F3N4S. The van der Waals surface area contributed by atoms with E-state index in [9.17, 15) is 13.2 Å². The average molecular weight is 294 g/mol. The quantitative estimate of drug-likeness (QED) is 0.925. The highest BCUT2D eigenvalue weighted by Gasteiger charge is 2.36. The van der Waals surface area contributed by atoms with Gasteiger partial charge < -0.3 is 10.2 Å². The van der Waals surface area contributed by atoms with E-state index in [2.05, 4.69) is 21.6 Å². The number of aromatic nitrogens is 2. The van der Waals surface area contributed by atoms with Crippen molar-refractivity contribution < 1.29 is 13.2 Å². The highest BCUT2D eigenvalue weighted by Crippen LogP contribution is 2.31. The number of halogens is 3. The fourth-order valence-corrected chi connectivity index (χ4v) is 2.87. The summed E-state index contributed by atoms with van der Waals surface area (Å²) in [5.74, 6) is -0.423. The molecule has 8 heteroatoms. The van der Waals surface area contributed by atoms with Crippen LogP contribution >= 0.6 is 11.5 Å². The van der Waals surface area contributed by atoms with Gasteiger partial charge in [-0.05, 0) is 31.8 Å². The van der Waals surface area contributed by atoms with Gasteiger partial charge in [0.2, 0.25) is 11.0 Å². The predicted molar refractivity (Wildman–Crippen MR) is 68.4 cm³/mol. The lowest BCUT2D eigenvalue weighted by atomic mass is 9.97. The maximum absolute atomic E-state index is 12.4. The Morgan fingerprint density at radius 3 is 2.58 bits per heavy atom. The van der Waals surface area contributed by atoms with Crippen LogP contribution in [-0.4, -0.2) is 35.5 Å². The van der Waals surface area contributed by atoms with Gasteiger partial charge in [0.25, 0.3) is 0 Å². The fourth-order valence-electron chi connectivity index (χ4n) is 2.14. The third-order valence-electron chi connectivity index (χ3n) is 3.24. The molecule has 108 valence electrons. The molecule has 0 radical (unpaired) electrons. The second-order valence-electron chi connectivity index (χ2n) is 4.64. The molecule has 0 saturated carbocycles. The van der Waals surface area contributed by atoms with Gasteiger partial charge in [0, 0.05) is 24.6 Å². The summed E-state index contributed by atoms with van der Waals surface area (Å²) in [6.07, 6.45) is -2.49. The van der Waals surface area contributed by atoms with Crippen LogP contribution in [0.5, 0.6) is 0 Å². The lowest BCUT2D eigenvalue weighted by molar-refractivity contribution is -0.144. The molecule has 0 spiro atoms. The van der Waals surface area contributed by atoms with Gasteiger partial charge in [0.15, 0.2) is 0 Å². The summed E-state index contributed by atoms with van der Waals surface area (Å²) >= 11 is 0.831. The second-order valence-corrected chi connectivity index (χ2v) is 5.37. The van der Waals surface area contributed by atoms with Crippen LogP contribution in [0, 0.1) is 5.92 Å². The number of nitrogens with zero attached hydrogens (tertiary/aromatic N) is 3. The minimum absolute atomic E-state index is 0.384. The van der Waals surface area contributed by atoms with E-state index in [0.717, 1.165) is 50.6 Å². The molecule has 2 rings (SSSR count). The van der Waals surface area contributed by atoms with Crippen molar-refractivity contribution in [3.63, 3.8) is 0 Å². The van der Waals surface area contributed by atoms with Crippen LogP contribution in [0.2, 0.25) is 0 Å². The average Bonchev–Trinajstić information content (AvgIpc) is 2.86. The molecule has 1 aliphatic rings. The van der Waals surface area contributed by atoms with E-state index < -0.39 is 12.0 Å². The largest absolute Gasteiger partial charge is 0.452 e. The number of rotatable bonds is 4. The molecule has 0 amide bonds. The van der Waals surface area contributed by atoms with Crippen LogP contribution in [-0.2, 0) is 6.18 Å². The summed E-state index contributed by atoms with van der Waals surface area (Å²) in [5, 5.41) is 3.69. The summed E-state index contributed by atoms with van der Waals surface area (Å²) in [6.45, 7) is 5.50. The van der Waals surface area contributed by atoms with Crippen LogP contribution in [0.1, 0.15) is 25.6 Å². The SMILES string of the molecule is CCNCC1CCN(c2nc(C(F)(F)F)ns2)CC1. The van der Waals surface area contributed by atoms with Crippen LogP contribution in [0.3, 0.4) is 0 Å². The highest BCUT2D eigenvalue weighted by atomic mass is 32.1. The Balaban J connectivity index is 1.89. The van der Waals surface area contributed by atoms with E-state index in [1.807, 2.05) is 4.90 Å². The molecule has 0 aromatic carbocycles. The molecule has 2 heterocycles. The van der Waals surface area contributed by atoms with Crippen molar-refractivity contribution in [3.05, 3.63) is 5.82 Å². The maximum Gasteiger partial charge on any atom is 0.452 e. The number of piperidine rings is 1. The number of alkyl halides is 3. The second kappa shape index (κ2) is 6.04. The van der Waals surface area contributed by atoms with E-state index in [1.54, 1.807) is 0 Å². The van der Waals surface area contributed by atoms with Gasteiger partial charge in [0.1, 0.15) is 0 Å². The highest BCUT2D eigenvalue weighted by molar-refractivity contribution is 7.09. The minimum atomic E-state index is -4.45. The minimum Gasteiger partial charge on any atom is -0.347 e. The van der Waals surface area contributed by atoms with E-state index in [4.69, 9.17) is 0 Å². The van der Waals surface area contributed by atoms with Crippen molar-refractivity contribution >= 4 is 16.7 Å². The van der Waals surface area contributed by atoms with Crippen molar-refractivity contribution in [3.8, 4) is 0 Å². The fraction of sp³-hybridized carbons (Fsp3) is 0.818. The first-order chi connectivity index (χ1) is 9.00. The number of hydrogen-bond donors (Lipinski definition) is 1. The first-order valence-corrected chi connectivity index (χ1v) is 7.14. The molecule has 1 N–H and O–H groups in total. The van der Waals surface area contributed by atoms with Gasteiger partial charge in [-0.1, -0.05) is 6.92 Å². The molecule has 1 aromatic rings. The molecule has 1 aliphatic heterocycles. The summed E-state index contributed by atoms with van der Waals surface area (Å²) in [4.78, 5) is 5.48. The number of nitrogens with one attached hydrogen (secondary N) is 1. The smallest absolute Gasteiger partial charge is 0.347 e. The molecular weight excluding hydrogens is 277 g/mol. The van der Waals surface area contributed by atoms with E-state index in [-0.39, 0.29) is 0 Å². The van der Waals surface area contributed by atoms with Gasteiger partial charge in [-0.2, -0.15) is 22.5 Å². The Morgan fingerprint density at radius 2 is 2.05 bits per heavy atom. The van der Waals surface area contributed by atoms with Gasteiger partial charge >= 0.3 is 6.18 Å². The first-order valence-electron chi connectivity index (χ1n) is 6.37. The van der Waals surface area contributed by atoms with Crippen LogP contribution in [0.4, 0.5) is 18.3 Å². The number of anilines is 1. The normalized spacial score (nSPS) is 18.0. The van der Waals surface area contributed by atoms with Gasteiger partial charge in [0.05, 0.1) is 0 Å². The van der Waals surface area contributed by atoms with Crippen molar-refractivity contribution in [2.45, 2.75) is 25.9 Å². The lowest BCUT2D eigenvalue weighted by Gasteiger charge is -2.31. The number of hydrogen-bond acceptors (Lipinski definition) is 5. The zero-order valence-corrected chi connectivity index (χ0v) is 11.5.